The lowest BCUT2D eigenvalue weighted by Gasteiger charge is -2.41. The average molecular weight is 621 g/mol. The van der Waals surface area contributed by atoms with Gasteiger partial charge in [-0.05, 0) is 44.9 Å². The molecule has 13 heteroatoms. The van der Waals surface area contributed by atoms with E-state index in [4.69, 9.17) is 4.74 Å². The van der Waals surface area contributed by atoms with E-state index in [1.165, 1.54) is 19.3 Å². The molecule has 1 saturated carbocycles. The summed E-state index contributed by atoms with van der Waals surface area (Å²) < 4.78 is 26.3. The topological polar surface area (TPSA) is 203 Å². The van der Waals surface area contributed by atoms with Crippen LogP contribution in [0.4, 0.5) is 0 Å². The van der Waals surface area contributed by atoms with E-state index in [0.29, 0.717) is 12.8 Å². The molecule has 0 aromatic heterocycles. The Hall–Kier alpha value is -1.70. The van der Waals surface area contributed by atoms with E-state index in [9.17, 15) is 44.9 Å². The Balaban J connectivity index is 2.15. The van der Waals surface area contributed by atoms with Gasteiger partial charge in [0.1, 0.15) is 49.3 Å². The summed E-state index contributed by atoms with van der Waals surface area (Å²) in [5.41, 5.74) is 0. The molecule has 0 heterocycles. The van der Waals surface area contributed by atoms with Gasteiger partial charge >= 0.3 is 13.8 Å². The Labute approximate surface area is 248 Å². The molecule has 1 fully saturated rings. The van der Waals surface area contributed by atoms with Crippen molar-refractivity contribution < 1.29 is 58.7 Å². The van der Waals surface area contributed by atoms with Gasteiger partial charge in [0.25, 0.3) is 0 Å². The van der Waals surface area contributed by atoms with Crippen molar-refractivity contribution in [2.24, 2.45) is 0 Å². The standard InChI is InChI=1S/C29H49O12P/c1-2-3-4-5-6-7-8-9-10-11-12-13-14-15-16-17-18-19-23(31)39-20-22(30)21-40-42(37,38)41-29-27(35)25(33)24(32)26(34)28(29)36/h6-7,9-10,12-13,15-16,22,24-30,32-36H,2-5,8,11,14,17-21H2,1H3,(H,37,38)/b7-6+,10-9+,13-12+,16-15+/t22-,24?,25-,26+,27-,28-,29?/m1/s1. The third-order valence-electron chi connectivity index (χ3n) is 6.40. The third-order valence-corrected chi connectivity index (χ3v) is 7.39. The summed E-state index contributed by atoms with van der Waals surface area (Å²) >= 11 is 0. The van der Waals surface area contributed by atoms with Crippen LogP contribution in [0.15, 0.2) is 48.6 Å². The van der Waals surface area contributed by atoms with Crippen LogP contribution in [0.5, 0.6) is 0 Å². The second-order valence-corrected chi connectivity index (χ2v) is 11.5. The molecule has 1 aliphatic carbocycles. The lowest BCUT2D eigenvalue weighted by Crippen LogP contribution is -2.64. The normalized spacial score (nSPS) is 27.3. The molecule has 7 N–H and O–H groups in total. The van der Waals surface area contributed by atoms with Gasteiger partial charge in [-0.25, -0.2) is 4.57 Å². The molecule has 3 unspecified atom stereocenters. The first kappa shape index (κ1) is 38.3. The van der Waals surface area contributed by atoms with Gasteiger partial charge in [0.15, 0.2) is 0 Å². The highest BCUT2D eigenvalue weighted by molar-refractivity contribution is 7.47. The quantitative estimate of drug-likeness (QED) is 0.0428. The number of carbonyl (C=O) groups is 1. The maximum Gasteiger partial charge on any atom is 0.472 e. The predicted molar refractivity (Wildman–Crippen MR) is 156 cm³/mol. The summed E-state index contributed by atoms with van der Waals surface area (Å²) in [7, 11) is -5.00. The van der Waals surface area contributed by atoms with Crippen LogP contribution in [0.2, 0.25) is 0 Å². The first-order chi connectivity index (χ1) is 20.0. The number of aliphatic hydroxyl groups is 6. The van der Waals surface area contributed by atoms with Crippen molar-refractivity contribution in [3.63, 3.8) is 0 Å². The van der Waals surface area contributed by atoms with Crippen molar-refractivity contribution in [3.05, 3.63) is 48.6 Å². The fraction of sp³-hybridized carbons (Fsp3) is 0.690. The summed E-state index contributed by atoms with van der Waals surface area (Å²) in [6.45, 7) is 0.894. The number of hydrogen-bond donors (Lipinski definition) is 7. The Kier molecular flexibility index (Phi) is 20.0. The zero-order valence-electron chi connectivity index (χ0n) is 24.3. The molecule has 12 nitrogen and oxygen atoms in total. The molecule has 1 aliphatic rings. The van der Waals surface area contributed by atoms with E-state index >= 15 is 0 Å². The lowest BCUT2D eigenvalue weighted by atomic mass is 9.85. The number of ether oxygens (including phenoxy) is 1. The maximum atomic E-state index is 12.1. The average Bonchev–Trinajstić information content (AvgIpc) is 2.96. The first-order valence-electron chi connectivity index (χ1n) is 14.5. The molecule has 242 valence electrons. The van der Waals surface area contributed by atoms with Crippen molar-refractivity contribution in [1.82, 2.24) is 0 Å². The molecule has 0 aliphatic heterocycles. The fourth-order valence-electron chi connectivity index (χ4n) is 3.92. The molecular formula is C29H49O12P. The number of esters is 1. The molecular weight excluding hydrogens is 571 g/mol. The lowest BCUT2D eigenvalue weighted by molar-refractivity contribution is -0.220. The minimum absolute atomic E-state index is 0.112. The van der Waals surface area contributed by atoms with E-state index < -0.39 is 69.7 Å². The Morgan fingerprint density at radius 2 is 1.21 bits per heavy atom. The van der Waals surface area contributed by atoms with Gasteiger partial charge in [0, 0.05) is 6.42 Å². The second-order valence-electron chi connectivity index (χ2n) is 10.1. The number of allylic oxidation sites excluding steroid dienone is 8. The minimum atomic E-state index is -5.00. The van der Waals surface area contributed by atoms with Crippen molar-refractivity contribution >= 4 is 13.8 Å². The fourth-order valence-corrected chi connectivity index (χ4v) is 4.90. The largest absolute Gasteiger partial charge is 0.472 e. The summed E-state index contributed by atoms with van der Waals surface area (Å²) in [6.07, 6.45) is 12.5. The molecule has 1 rings (SSSR count). The number of aliphatic hydroxyl groups excluding tert-OH is 6. The van der Waals surface area contributed by atoms with Gasteiger partial charge in [0.05, 0.1) is 6.61 Å². The molecule has 0 aromatic rings. The van der Waals surface area contributed by atoms with Crippen LogP contribution < -0.4 is 0 Å². The van der Waals surface area contributed by atoms with Crippen molar-refractivity contribution in [1.29, 1.82) is 0 Å². The molecule has 8 atom stereocenters. The predicted octanol–water partition coefficient (Wildman–Crippen LogP) is 2.36. The monoisotopic (exact) mass is 620 g/mol. The van der Waals surface area contributed by atoms with Gasteiger partial charge < -0.3 is 40.3 Å². The Morgan fingerprint density at radius 1 is 0.738 bits per heavy atom. The molecule has 0 amide bonds. The van der Waals surface area contributed by atoms with Gasteiger partial charge in [0.2, 0.25) is 0 Å². The van der Waals surface area contributed by atoms with E-state index in [1.54, 1.807) is 0 Å². The summed E-state index contributed by atoms with van der Waals surface area (Å²) in [6, 6.07) is 0. The van der Waals surface area contributed by atoms with Gasteiger partial charge in [-0.3, -0.25) is 13.8 Å². The smallest absolute Gasteiger partial charge is 0.463 e. The SMILES string of the molecule is CCCCC/C=C/C/C=C/C/C=C/C/C=C/CCCC(=O)OC[C@@H](O)COP(=O)(O)OC1[C@H](O)[C@H](O)C(O)[C@H](O)[C@H]1O. The van der Waals surface area contributed by atoms with Crippen LogP contribution in [-0.4, -0.2) is 97.4 Å². The third kappa shape index (κ3) is 16.2. The highest BCUT2D eigenvalue weighted by atomic mass is 31.2. The highest BCUT2D eigenvalue weighted by Gasteiger charge is 2.51. The van der Waals surface area contributed by atoms with Crippen LogP contribution in [0.1, 0.15) is 71.1 Å². The van der Waals surface area contributed by atoms with Gasteiger partial charge in [-0.2, -0.15) is 0 Å². The number of hydrogen-bond acceptors (Lipinski definition) is 11. The van der Waals surface area contributed by atoms with Gasteiger partial charge in [-0.1, -0.05) is 68.4 Å². The van der Waals surface area contributed by atoms with Crippen LogP contribution in [0, 0.1) is 0 Å². The number of phosphoric ester groups is 1. The van der Waals surface area contributed by atoms with Crippen LogP contribution in [0.25, 0.3) is 0 Å². The highest BCUT2D eigenvalue weighted by Crippen LogP contribution is 2.47. The van der Waals surface area contributed by atoms with E-state index in [1.807, 2.05) is 12.2 Å². The van der Waals surface area contributed by atoms with E-state index in [2.05, 4.69) is 52.4 Å². The number of carbonyl (C=O) groups excluding carboxylic acids is 1. The van der Waals surface area contributed by atoms with Crippen LogP contribution in [-0.2, 0) is 23.1 Å². The minimum Gasteiger partial charge on any atom is -0.463 e. The second kappa shape index (κ2) is 21.9. The van der Waals surface area contributed by atoms with Crippen molar-refractivity contribution in [2.75, 3.05) is 13.2 Å². The number of unbranched alkanes of at least 4 members (excludes halogenated alkanes) is 4. The summed E-state index contributed by atoms with van der Waals surface area (Å²) in [5.74, 6) is -0.566. The molecule has 0 saturated heterocycles. The molecule has 0 spiro atoms. The van der Waals surface area contributed by atoms with Crippen LogP contribution in [0.3, 0.4) is 0 Å². The van der Waals surface area contributed by atoms with E-state index in [0.717, 1.165) is 25.7 Å². The molecule has 0 bridgehead atoms. The molecule has 42 heavy (non-hydrogen) atoms. The Morgan fingerprint density at radius 3 is 1.74 bits per heavy atom. The molecule has 0 radical (unpaired) electrons. The summed E-state index contributed by atoms with van der Waals surface area (Å²) in [4.78, 5) is 21.7. The zero-order chi connectivity index (χ0) is 31.4. The van der Waals surface area contributed by atoms with E-state index in [-0.39, 0.29) is 6.42 Å². The number of rotatable bonds is 21. The Bertz CT molecular complexity index is 889. The molecule has 0 aromatic carbocycles. The van der Waals surface area contributed by atoms with Gasteiger partial charge in [-0.15, -0.1) is 0 Å². The van der Waals surface area contributed by atoms with Crippen LogP contribution >= 0.6 is 7.82 Å². The summed E-state index contributed by atoms with van der Waals surface area (Å²) in [5, 5.41) is 58.5. The van der Waals surface area contributed by atoms with Crippen molar-refractivity contribution in [3.8, 4) is 0 Å². The first-order valence-corrected chi connectivity index (χ1v) is 16.0. The zero-order valence-corrected chi connectivity index (χ0v) is 25.2. The number of phosphoric acid groups is 1. The van der Waals surface area contributed by atoms with Crippen molar-refractivity contribution in [2.45, 2.75) is 114 Å². The maximum absolute atomic E-state index is 12.1.